The number of nitrogens with zero attached hydrogens (tertiary/aromatic N) is 1. The maximum Gasteiger partial charge on any atom is 0.136 e. The van der Waals surface area contributed by atoms with Gasteiger partial charge < -0.3 is 4.42 Å². The smallest absolute Gasteiger partial charge is 0.136 e. The lowest BCUT2D eigenvalue weighted by molar-refractivity contribution is 0.669. The largest absolute Gasteiger partial charge is 0.456 e. The molecule has 0 spiro atoms. The van der Waals surface area contributed by atoms with Crippen LogP contribution in [0, 0.1) is 0 Å². The van der Waals surface area contributed by atoms with Crippen LogP contribution in [0.2, 0.25) is 0 Å². The van der Waals surface area contributed by atoms with Crippen LogP contribution in [0.15, 0.2) is 83.4 Å². The molecule has 7 rings (SSSR count). The van der Waals surface area contributed by atoms with E-state index in [9.17, 15) is 0 Å². The van der Waals surface area contributed by atoms with E-state index in [4.69, 9.17) is 9.40 Å². The summed E-state index contributed by atoms with van der Waals surface area (Å²) in [5.74, 6) is 0. The third-order valence-electron chi connectivity index (χ3n) is 6.41. The van der Waals surface area contributed by atoms with Gasteiger partial charge in [0.2, 0.25) is 0 Å². The fourth-order valence-electron chi connectivity index (χ4n) is 5.14. The molecular formula is C27H17NO. The molecule has 136 valence electrons. The molecule has 4 aromatic carbocycles. The lowest BCUT2D eigenvalue weighted by Gasteiger charge is -2.19. The molecule has 0 N–H and O–H groups in total. The Hall–Kier alpha value is -3.65. The van der Waals surface area contributed by atoms with E-state index >= 15 is 0 Å². The predicted octanol–water partition coefficient (Wildman–Crippen LogP) is 7.05. The van der Waals surface area contributed by atoms with Gasteiger partial charge in [-0.15, -0.1) is 0 Å². The van der Waals surface area contributed by atoms with Crippen LogP contribution in [0.1, 0.15) is 11.1 Å². The summed E-state index contributed by atoms with van der Waals surface area (Å²) in [5.41, 5.74) is 7.01. The number of aryl methyl sites for hydroxylation is 2. The first kappa shape index (κ1) is 15.3. The average molecular weight is 371 g/mol. The fourth-order valence-corrected chi connectivity index (χ4v) is 5.14. The van der Waals surface area contributed by atoms with Gasteiger partial charge in [-0.25, -0.2) is 0 Å². The zero-order valence-corrected chi connectivity index (χ0v) is 15.8. The number of aromatic nitrogens is 1. The van der Waals surface area contributed by atoms with Crippen molar-refractivity contribution in [3.05, 3.63) is 90.1 Å². The molecule has 1 aliphatic rings. The quantitative estimate of drug-likeness (QED) is 0.267. The summed E-state index contributed by atoms with van der Waals surface area (Å²) in [4.78, 5) is 4.71. The molecule has 0 saturated heterocycles. The number of pyridine rings is 1. The van der Waals surface area contributed by atoms with Crippen LogP contribution in [-0.4, -0.2) is 4.98 Å². The van der Waals surface area contributed by atoms with Crippen molar-refractivity contribution < 1.29 is 4.42 Å². The van der Waals surface area contributed by atoms with Crippen molar-refractivity contribution in [3.8, 4) is 11.3 Å². The molecule has 0 radical (unpaired) electrons. The standard InChI is InChI=1S/C27H17NO/c1-2-6-19-16(4-1)7-8-17-10-13-23-26(24(17)19)25-20-11-9-18-5-3-15-28-27(18)21(20)12-14-22(25)29-23/h1-8,10,12-15H,9,11H2. The maximum absolute atomic E-state index is 6.34. The van der Waals surface area contributed by atoms with Gasteiger partial charge in [-0.2, -0.15) is 0 Å². The summed E-state index contributed by atoms with van der Waals surface area (Å²) in [6.45, 7) is 0. The van der Waals surface area contributed by atoms with E-state index in [2.05, 4.69) is 66.7 Å². The third-order valence-corrected chi connectivity index (χ3v) is 6.41. The number of furan rings is 1. The van der Waals surface area contributed by atoms with Gasteiger partial charge >= 0.3 is 0 Å². The normalized spacial score (nSPS) is 13.2. The summed E-state index contributed by atoms with van der Waals surface area (Å²) in [7, 11) is 0. The van der Waals surface area contributed by atoms with Crippen LogP contribution >= 0.6 is 0 Å². The van der Waals surface area contributed by atoms with Gasteiger partial charge in [0, 0.05) is 27.9 Å². The van der Waals surface area contributed by atoms with Crippen molar-refractivity contribution in [2.45, 2.75) is 12.8 Å². The van der Waals surface area contributed by atoms with Gasteiger partial charge in [0.25, 0.3) is 0 Å². The lowest BCUT2D eigenvalue weighted by atomic mass is 9.85. The van der Waals surface area contributed by atoms with Gasteiger partial charge in [0.05, 0.1) is 5.69 Å². The topological polar surface area (TPSA) is 26.0 Å². The minimum absolute atomic E-state index is 0.962. The van der Waals surface area contributed by atoms with Crippen molar-refractivity contribution in [1.29, 1.82) is 0 Å². The van der Waals surface area contributed by atoms with Crippen molar-refractivity contribution in [2.24, 2.45) is 0 Å². The summed E-state index contributed by atoms with van der Waals surface area (Å²) in [6.07, 6.45) is 3.93. The van der Waals surface area contributed by atoms with E-state index in [0.717, 1.165) is 29.7 Å². The number of hydrogen-bond donors (Lipinski definition) is 0. The highest BCUT2D eigenvalue weighted by Crippen LogP contribution is 2.44. The minimum atomic E-state index is 0.962. The summed E-state index contributed by atoms with van der Waals surface area (Å²) in [5, 5.41) is 7.59. The molecule has 2 heterocycles. The Labute approximate surface area is 167 Å². The summed E-state index contributed by atoms with van der Waals surface area (Å²) in [6, 6.07) is 25.9. The molecule has 2 heteroatoms. The number of fused-ring (bicyclic) bond motifs is 11. The van der Waals surface area contributed by atoms with Gasteiger partial charge in [0.15, 0.2) is 0 Å². The molecule has 1 aliphatic carbocycles. The molecule has 0 atom stereocenters. The Morgan fingerprint density at radius 3 is 2.48 bits per heavy atom. The van der Waals surface area contributed by atoms with Crippen molar-refractivity contribution in [2.75, 3.05) is 0 Å². The zero-order chi connectivity index (χ0) is 18.9. The molecule has 0 fully saturated rings. The van der Waals surface area contributed by atoms with Crippen molar-refractivity contribution >= 4 is 43.5 Å². The third kappa shape index (κ3) is 1.98. The Morgan fingerprint density at radius 1 is 0.655 bits per heavy atom. The van der Waals surface area contributed by atoms with E-state index in [1.54, 1.807) is 0 Å². The van der Waals surface area contributed by atoms with E-state index in [0.29, 0.717) is 0 Å². The molecule has 0 unspecified atom stereocenters. The van der Waals surface area contributed by atoms with Crippen LogP contribution < -0.4 is 0 Å². The number of benzene rings is 4. The van der Waals surface area contributed by atoms with Gasteiger partial charge in [0.1, 0.15) is 11.2 Å². The van der Waals surface area contributed by atoms with Gasteiger partial charge in [-0.05, 0) is 64.4 Å². The molecule has 2 aromatic heterocycles. The first-order valence-corrected chi connectivity index (χ1v) is 10.1. The molecule has 29 heavy (non-hydrogen) atoms. The summed E-state index contributed by atoms with van der Waals surface area (Å²) < 4.78 is 6.34. The molecule has 0 saturated carbocycles. The lowest BCUT2D eigenvalue weighted by Crippen LogP contribution is -2.05. The molecule has 0 aliphatic heterocycles. The minimum Gasteiger partial charge on any atom is -0.456 e. The highest BCUT2D eigenvalue weighted by atomic mass is 16.3. The zero-order valence-electron chi connectivity index (χ0n) is 15.8. The molecular weight excluding hydrogens is 354 g/mol. The molecule has 6 aromatic rings. The second kappa shape index (κ2) is 5.45. The maximum atomic E-state index is 6.34. The Balaban J connectivity index is 1.73. The molecule has 0 bridgehead atoms. The molecule has 2 nitrogen and oxygen atoms in total. The van der Waals surface area contributed by atoms with E-state index in [-0.39, 0.29) is 0 Å². The first-order chi connectivity index (χ1) is 14.4. The first-order valence-electron chi connectivity index (χ1n) is 10.1. The van der Waals surface area contributed by atoms with E-state index < -0.39 is 0 Å². The van der Waals surface area contributed by atoms with Crippen LogP contribution in [0.4, 0.5) is 0 Å². The Morgan fingerprint density at radius 2 is 1.48 bits per heavy atom. The van der Waals surface area contributed by atoms with Crippen LogP contribution in [-0.2, 0) is 12.8 Å². The highest BCUT2D eigenvalue weighted by Gasteiger charge is 2.23. The van der Waals surface area contributed by atoms with E-state index in [1.807, 2.05) is 12.3 Å². The van der Waals surface area contributed by atoms with Crippen molar-refractivity contribution in [3.63, 3.8) is 0 Å². The van der Waals surface area contributed by atoms with Crippen molar-refractivity contribution in [1.82, 2.24) is 4.98 Å². The second-order valence-corrected chi connectivity index (χ2v) is 7.90. The van der Waals surface area contributed by atoms with Crippen LogP contribution in [0.25, 0.3) is 54.7 Å². The van der Waals surface area contributed by atoms with Gasteiger partial charge in [-0.3, -0.25) is 4.98 Å². The summed E-state index contributed by atoms with van der Waals surface area (Å²) >= 11 is 0. The Bertz CT molecular complexity index is 1610. The van der Waals surface area contributed by atoms with Gasteiger partial charge in [-0.1, -0.05) is 48.5 Å². The number of hydrogen-bond acceptors (Lipinski definition) is 2. The SMILES string of the molecule is c1cnc2c(c1)CCc1c-2ccc2oc3ccc4ccc5ccccc5c4c3c12. The highest BCUT2D eigenvalue weighted by molar-refractivity contribution is 6.27. The fraction of sp³-hybridized carbons (Fsp3) is 0.0741. The van der Waals surface area contributed by atoms with Crippen LogP contribution in [0.3, 0.4) is 0 Å². The second-order valence-electron chi connectivity index (χ2n) is 7.90. The Kier molecular flexibility index (Phi) is 2.87. The van der Waals surface area contributed by atoms with Crippen LogP contribution in [0.5, 0.6) is 0 Å². The molecule has 0 amide bonds. The number of rotatable bonds is 0. The van der Waals surface area contributed by atoms with E-state index in [1.165, 1.54) is 49.0 Å². The average Bonchev–Trinajstić information content (AvgIpc) is 3.17. The predicted molar refractivity (Wildman–Crippen MR) is 119 cm³/mol. The monoisotopic (exact) mass is 371 g/mol.